The van der Waals surface area contributed by atoms with Crippen molar-refractivity contribution in [2.24, 2.45) is 5.73 Å². The first kappa shape index (κ1) is 13.6. The number of nitrogens with zero attached hydrogens (tertiary/aromatic N) is 2. The molecule has 5 nitrogen and oxygen atoms in total. The van der Waals surface area contributed by atoms with E-state index in [0.717, 1.165) is 4.47 Å². The highest BCUT2D eigenvalue weighted by atomic mass is 79.9. The molecule has 1 aliphatic heterocycles. The Labute approximate surface area is 118 Å². The molecule has 1 aromatic rings. The number of aromatic nitrogens is 1. The predicted octanol–water partition coefficient (Wildman–Crippen LogP) is 1.31. The number of rotatable bonds is 2. The summed E-state index contributed by atoms with van der Waals surface area (Å²) in [6.45, 7) is 0.806. The predicted molar refractivity (Wildman–Crippen MR) is 72.5 cm³/mol. The Morgan fingerprint density at radius 3 is 3.00 bits per heavy atom. The summed E-state index contributed by atoms with van der Waals surface area (Å²) in [6.07, 6.45) is 2.65. The van der Waals surface area contributed by atoms with Crippen LogP contribution in [-0.2, 0) is 4.79 Å². The molecule has 1 amide bonds. The van der Waals surface area contributed by atoms with Crippen LogP contribution in [0.25, 0.3) is 0 Å². The molecule has 0 aliphatic carbocycles. The first-order chi connectivity index (χ1) is 8.42. The minimum Gasteiger partial charge on any atom is -0.378 e. The maximum atomic E-state index is 11.3. The minimum absolute atomic E-state index is 0.122. The van der Waals surface area contributed by atoms with Crippen molar-refractivity contribution in [2.45, 2.75) is 18.4 Å². The number of halogens is 2. The number of hydrogen-bond donors (Lipinski definition) is 2. The van der Waals surface area contributed by atoms with Crippen LogP contribution in [-0.4, -0.2) is 34.7 Å². The Kier molecular flexibility index (Phi) is 3.79. The van der Waals surface area contributed by atoms with E-state index in [1.165, 1.54) is 0 Å². The zero-order chi connectivity index (χ0) is 13.3. The summed E-state index contributed by atoms with van der Waals surface area (Å²) in [4.78, 5) is 17.3. The fourth-order valence-electron chi connectivity index (χ4n) is 2.06. The molecule has 2 rings (SSSR count). The number of aliphatic hydroxyl groups is 1. The van der Waals surface area contributed by atoms with Crippen LogP contribution in [0, 0.1) is 0 Å². The van der Waals surface area contributed by atoms with Gasteiger partial charge in [-0.25, -0.2) is 4.98 Å². The van der Waals surface area contributed by atoms with E-state index >= 15 is 0 Å². The second kappa shape index (κ2) is 5.03. The second-order valence-corrected chi connectivity index (χ2v) is 5.70. The molecule has 1 atom stereocenters. The van der Waals surface area contributed by atoms with Gasteiger partial charge in [-0.3, -0.25) is 4.79 Å². The van der Waals surface area contributed by atoms with Crippen LogP contribution in [0.1, 0.15) is 12.8 Å². The minimum atomic E-state index is -1.50. The first-order valence-electron chi connectivity index (χ1n) is 5.51. The van der Waals surface area contributed by atoms with Gasteiger partial charge < -0.3 is 15.7 Å². The van der Waals surface area contributed by atoms with E-state index in [4.69, 9.17) is 17.3 Å². The zero-order valence-corrected chi connectivity index (χ0v) is 11.9. The third kappa shape index (κ3) is 2.60. The second-order valence-electron chi connectivity index (χ2n) is 4.38. The molecule has 18 heavy (non-hydrogen) atoms. The molecule has 0 saturated carbocycles. The molecule has 0 bridgehead atoms. The summed E-state index contributed by atoms with van der Waals surface area (Å²) < 4.78 is 0.776. The summed E-state index contributed by atoms with van der Waals surface area (Å²) >= 11 is 9.38. The molecule has 2 heterocycles. The molecular weight excluding hydrogens is 321 g/mol. The summed E-state index contributed by atoms with van der Waals surface area (Å²) in [5, 5.41) is 10.6. The monoisotopic (exact) mass is 333 g/mol. The molecule has 1 aromatic heterocycles. The lowest BCUT2D eigenvalue weighted by Gasteiger charge is -2.37. The summed E-state index contributed by atoms with van der Waals surface area (Å²) in [5.74, 6) is -0.153. The number of anilines is 1. The molecule has 1 saturated heterocycles. The zero-order valence-electron chi connectivity index (χ0n) is 9.57. The Hall–Kier alpha value is -0.850. The van der Waals surface area contributed by atoms with E-state index in [1.807, 2.05) is 0 Å². The lowest BCUT2D eigenvalue weighted by molar-refractivity contribution is -0.137. The van der Waals surface area contributed by atoms with Crippen molar-refractivity contribution < 1.29 is 9.90 Å². The molecule has 1 fully saturated rings. The number of nitrogens with two attached hydrogens (primary N) is 1. The highest BCUT2D eigenvalue weighted by Crippen LogP contribution is 2.30. The van der Waals surface area contributed by atoms with E-state index in [-0.39, 0.29) is 6.54 Å². The van der Waals surface area contributed by atoms with Gasteiger partial charge in [0.2, 0.25) is 0 Å². The molecule has 7 heteroatoms. The fraction of sp³-hybridized carbons (Fsp3) is 0.455. The highest BCUT2D eigenvalue weighted by Gasteiger charge is 2.39. The van der Waals surface area contributed by atoms with Gasteiger partial charge in [-0.1, -0.05) is 11.6 Å². The Balaban J connectivity index is 2.26. The van der Waals surface area contributed by atoms with Crippen LogP contribution < -0.4 is 10.6 Å². The van der Waals surface area contributed by atoms with Crippen LogP contribution >= 0.6 is 27.5 Å². The van der Waals surface area contributed by atoms with Crippen molar-refractivity contribution in [2.75, 3.05) is 18.0 Å². The normalized spacial score (nSPS) is 24.1. The number of hydrogen-bond acceptors (Lipinski definition) is 4. The number of carbonyl (C=O) groups excluding carboxylic acids is 1. The van der Waals surface area contributed by atoms with Crippen molar-refractivity contribution >= 4 is 39.3 Å². The molecular formula is C11H13BrClN3O2. The van der Waals surface area contributed by atoms with Crippen molar-refractivity contribution in [3.8, 4) is 0 Å². The van der Waals surface area contributed by atoms with Crippen molar-refractivity contribution in [3.05, 3.63) is 21.8 Å². The summed E-state index contributed by atoms with van der Waals surface area (Å²) in [6, 6.07) is 1.72. The number of primary amides is 1. The highest BCUT2D eigenvalue weighted by molar-refractivity contribution is 9.10. The van der Waals surface area contributed by atoms with Crippen LogP contribution in [0.2, 0.25) is 5.02 Å². The van der Waals surface area contributed by atoms with E-state index in [9.17, 15) is 9.90 Å². The lowest BCUT2D eigenvalue weighted by Crippen LogP contribution is -2.56. The maximum absolute atomic E-state index is 11.3. The largest absolute Gasteiger partial charge is 0.378 e. The van der Waals surface area contributed by atoms with Gasteiger partial charge >= 0.3 is 0 Å². The smallest absolute Gasteiger partial charge is 0.251 e. The fourth-order valence-corrected chi connectivity index (χ4v) is 2.81. The molecule has 1 aliphatic rings. The first-order valence-corrected chi connectivity index (χ1v) is 6.68. The van der Waals surface area contributed by atoms with Crippen LogP contribution in [0.5, 0.6) is 0 Å². The van der Waals surface area contributed by atoms with E-state index in [2.05, 4.69) is 20.9 Å². The number of pyridine rings is 1. The van der Waals surface area contributed by atoms with Crippen LogP contribution in [0.4, 0.5) is 5.82 Å². The van der Waals surface area contributed by atoms with Gasteiger partial charge in [0, 0.05) is 17.2 Å². The Morgan fingerprint density at radius 1 is 1.67 bits per heavy atom. The lowest BCUT2D eigenvalue weighted by atomic mass is 9.92. The SMILES string of the molecule is NC(=O)[C@]1(O)CCCN(c2ncc(Br)cc2Cl)C1. The van der Waals surface area contributed by atoms with Gasteiger partial charge in [-0.05, 0) is 34.8 Å². The Morgan fingerprint density at radius 2 is 2.39 bits per heavy atom. The van der Waals surface area contributed by atoms with Crippen LogP contribution in [0.15, 0.2) is 16.7 Å². The van der Waals surface area contributed by atoms with E-state index in [0.29, 0.717) is 30.2 Å². The molecule has 0 spiro atoms. The van der Waals surface area contributed by atoms with Crippen molar-refractivity contribution in [1.29, 1.82) is 0 Å². The van der Waals surface area contributed by atoms with Gasteiger partial charge in [0.1, 0.15) is 5.82 Å². The number of piperidine rings is 1. The third-order valence-electron chi connectivity index (χ3n) is 3.02. The molecule has 3 N–H and O–H groups in total. The van der Waals surface area contributed by atoms with Gasteiger partial charge in [-0.2, -0.15) is 0 Å². The number of carbonyl (C=O) groups is 1. The summed E-state index contributed by atoms with van der Waals surface area (Å²) in [7, 11) is 0. The quantitative estimate of drug-likeness (QED) is 0.855. The van der Waals surface area contributed by atoms with Gasteiger partial charge in [-0.15, -0.1) is 0 Å². The average molecular weight is 335 g/mol. The number of β-amino-alcohol motifs (C(OH)–C–C–N with tert-alkyl or cyclic N) is 1. The Bertz CT molecular complexity index is 485. The van der Waals surface area contributed by atoms with Crippen molar-refractivity contribution in [1.82, 2.24) is 4.98 Å². The molecule has 0 unspecified atom stereocenters. The standard InChI is InChI=1S/C11H13BrClN3O2/c12-7-4-8(13)9(15-5-7)16-3-1-2-11(18,6-16)10(14)17/h4-5,18H,1-3,6H2,(H2,14,17)/t11-/m0/s1. The van der Waals surface area contributed by atoms with Crippen molar-refractivity contribution in [3.63, 3.8) is 0 Å². The molecule has 0 radical (unpaired) electrons. The van der Waals surface area contributed by atoms with E-state index < -0.39 is 11.5 Å². The number of amides is 1. The van der Waals surface area contributed by atoms with Gasteiger partial charge in [0.25, 0.3) is 5.91 Å². The topological polar surface area (TPSA) is 79.5 Å². The molecule has 98 valence electrons. The third-order valence-corrected chi connectivity index (χ3v) is 3.73. The van der Waals surface area contributed by atoms with Gasteiger partial charge in [0.05, 0.1) is 11.6 Å². The van der Waals surface area contributed by atoms with Crippen LogP contribution in [0.3, 0.4) is 0 Å². The van der Waals surface area contributed by atoms with Gasteiger partial charge in [0.15, 0.2) is 5.60 Å². The van der Waals surface area contributed by atoms with E-state index in [1.54, 1.807) is 17.2 Å². The average Bonchev–Trinajstić information content (AvgIpc) is 2.28. The molecule has 0 aromatic carbocycles. The summed E-state index contributed by atoms with van der Waals surface area (Å²) in [5.41, 5.74) is 3.72. The maximum Gasteiger partial charge on any atom is 0.251 e.